The first-order chi connectivity index (χ1) is 14.9. The van der Waals surface area contributed by atoms with Crippen LogP contribution in [0.25, 0.3) is 21.9 Å². The van der Waals surface area contributed by atoms with Gasteiger partial charge < -0.3 is 23.6 Å². The predicted molar refractivity (Wildman–Crippen MR) is 112 cm³/mol. The molecule has 1 fully saturated rings. The Labute approximate surface area is 178 Å². The SMILES string of the molecule is Cc1c(CC(=O)N2CCC[C@H]2C(=O)[O-])c(=O)oc2c(C)c3oc4c(c3cc12)CCCC4. The third-order valence-electron chi connectivity index (χ3n) is 6.90. The molecule has 0 unspecified atom stereocenters. The molecule has 1 aromatic carbocycles. The molecular weight excluding hydrogens is 398 g/mol. The molecule has 31 heavy (non-hydrogen) atoms. The number of rotatable bonds is 3. The van der Waals surface area contributed by atoms with Crippen LogP contribution in [0.1, 0.15) is 53.7 Å². The van der Waals surface area contributed by atoms with Crippen LogP contribution >= 0.6 is 0 Å². The minimum absolute atomic E-state index is 0.186. The molecule has 3 heterocycles. The summed E-state index contributed by atoms with van der Waals surface area (Å²) in [5.74, 6) is -0.631. The van der Waals surface area contributed by atoms with Crippen molar-refractivity contribution in [3.05, 3.63) is 44.5 Å². The molecule has 7 heteroatoms. The van der Waals surface area contributed by atoms with Crippen LogP contribution in [0.3, 0.4) is 0 Å². The lowest BCUT2D eigenvalue weighted by molar-refractivity contribution is -0.310. The number of carboxylic acid groups (broad SMARTS) is 1. The van der Waals surface area contributed by atoms with Crippen LogP contribution in [-0.4, -0.2) is 29.4 Å². The van der Waals surface area contributed by atoms with Crippen LogP contribution in [0.15, 0.2) is 19.7 Å². The molecular formula is C24H24NO6-. The van der Waals surface area contributed by atoms with Crippen LogP contribution in [0.2, 0.25) is 0 Å². The smallest absolute Gasteiger partial charge is 0.340 e. The molecule has 7 nitrogen and oxygen atoms in total. The number of likely N-dealkylation sites (tertiary alicyclic amines) is 1. The average molecular weight is 422 g/mol. The molecule has 0 N–H and O–H groups in total. The fourth-order valence-electron chi connectivity index (χ4n) is 5.18. The molecule has 0 radical (unpaired) electrons. The maximum absolute atomic E-state index is 12.8. The van der Waals surface area contributed by atoms with E-state index in [0.717, 1.165) is 53.4 Å². The van der Waals surface area contributed by atoms with Crippen molar-refractivity contribution in [2.24, 2.45) is 0 Å². The molecule has 5 rings (SSSR count). The lowest BCUT2D eigenvalue weighted by Gasteiger charge is -2.25. The van der Waals surface area contributed by atoms with Crippen LogP contribution in [0.5, 0.6) is 0 Å². The highest BCUT2D eigenvalue weighted by Crippen LogP contribution is 2.38. The van der Waals surface area contributed by atoms with Crippen molar-refractivity contribution < 1.29 is 23.5 Å². The zero-order valence-electron chi connectivity index (χ0n) is 17.7. The van der Waals surface area contributed by atoms with Gasteiger partial charge in [-0.15, -0.1) is 0 Å². The molecule has 0 spiro atoms. The van der Waals surface area contributed by atoms with Crippen molar-refractivity contribution in [3.63, 3.8) is 0 Å². The molecule has 0 saturated carbocycles. The summed E-state index contributed by atoms with van der Waals surface area (Å²) in [5.41, 5.74) is 3.66. The van der Waals surface area contributed by atoms with Gasteiger partial charge in [-0.1, -0.05) is 0 Å². The summed E-state index contributed by atoms with van der Waals surface area (Å²) in [6, 6.07) is 1.08. The van der Waals surface area contributed by atoms with Crippen molar-refractivity contribution in [3.8, 4) is 0 Å². The monoisotopic (exact) mass is 422 g/mol. The molecule has 3 aromatic rings. The Hall–Kier alpha value is -3.09. The minimum atomic E-state index is -1.25. The summed E-state index contributed by atoms with van der Waals surface area (Å²) in [6.45, 7) is 4.07. The van der Waals surface area contributed by atoms with Crippen molar-refractivity contribution in [1.82, 2.24) is 4.90 Å². The van der Waals surface area contributed by atoms with E-state index in [9.17, 15) is 19.5 Å². The lowest BCUT2D eigenvalue weighted by atomic mass is 9.93. The number of carboxylic acids is 1. The van der Waals surface area contributed by atoms with Crippen LogP contribution in [-0.2, 0) is 28.9 Å². The Morgan fingerprint density at radius 2 is 1.81 bits per heavy atom. The molecule has 2 aromatic heterocycles. The number of aryl methyl sites for hydroxylation is 4. The molecule has 1 saturated heterocycles. The van der Waals surface area contributed by atoms with E-state index < -0.39 is 17.6 Å². The Morgan fingerprint density at radius 3 is 2.58 bits per heavy atom. The third-order valence-corrected chi connectivity index (χ3v) is 6.90. The summed E-state index contributed by atoms with van der Waals surface area (Å²) < 4.78 is 11.8. The van der Waals surface area contributed by atoms with Crippen molar-refractivity contribution >= 4 is 33.8 Å². The highest BCUT2D eigenvalue weighted by Gasteiger charge is 2.31. The second-order valence-electron chi connectivity index (χ2n) is 8.70. The Morgan fingerprint density at radius 1 is 1.06 bits per heavy atom. The van der Waals surface area contributed by atoms with Crippen LogP contribution in [0.4, 0.5) is 0 Å². The molecule has 0 bridgehead atoms. The molecule has 2 aliphatic rings. The highest BCUT2D eigenvalue weighted by atomic mass is 16.4. The van der Waals surface area contributed by atoms with E-state index in [2.05, 4.69) is 0 Å². The van der Waals surface area contributed by atoms with Gasteiger partial charge in [0.2, 0.25) is 5.91 Å². The summed E-state index contributed by atoms with van der Waals surface area (Å²) in [5, 5.41) is 13.2. The van der Waals surface area contributed by atoms with Gasteiger partial charge in [-0.25, -0.2) is 4.79 Å². The Balaban J connectivity index is 1.61. The van der Waals surface area contributed by atoms with Crippen LogP contribution < -0.4 is 10.7 Å². The van der Waals surface area contributed by atoms with E-state index in [1.54, 1.807) is 0 Å². The van der Waals surface area contributed by atoms with Gasteiger partial charge in [0.05, 0.1) is 24.0 Å². The first-order valence-electron chi connectivity index (χ1n) is 10.9. The van der Waals surface area contributed by atoms with Gasteiger partial charge >= 0.3 is 5.63 Å². The zero-order chi connectivity index (χ0) is 21.9. The van der Waals surface area contributed by atoms with Crippen molar-refractivity contribution in [2.75, 3.05) is 6.54 Å². The average Bonchev–Trinajstić information content (AvgIpc) is 3.37. The number of hydrogen-bond donors (Lipinski definition) is 0. The predicted octanol–water partition coefficient (Wildman–Crippen LogP) is 2.32. The molecule has 1 aliphatic carbocycles. The number of benzene rings is 1. The van der Waals surface area contributed by atoms with Crippen molar-refractivity contribution in [1.29, 1.82) is 0 Å². The summed E-state index contributed by atoms with van der Waals surface area (Å²) in [6.07, 6.45) is 4.91. The number of aliphatic carboxylic acids is 1. The number of carbonyl (C=O) groups is 2. The Kier molecular flexibility index (Phi) is 4.64. The second-order valence-corrected chi connectivity index (χ2v) is 8.70. The topological polar surface area (TPSA) is 104 Å². The summed E-state index contributed by atoms with van der Waals surface area (Å²) >= 11 is 0. The number of amides is 1. The van der Waals surface area contributed by atoms with Gasteiger partial charge in [-0.2, -0.15) is 0 Å². The number of nitrogens with zero attached hydrogens (tertiary/aromatic N) is 1. The second kappa shape index (κ2) is 7.25. The zero-order valence-corrected chi connectivity index (χ0v) is 17.7. The van der Waals surface area contributed by atoms with E-state index in [0.29, 0.717) is 30.5 Å². The largest absolute Gasteiger partial charge is 0.548 e. The van der Waals surface area contributed by atoms with Crippen LogP contribution in [0, 0.1) is 13.8 Å². The van der Waals surface area contributed by atoms with Gasteiger partial charge in [0.15, 0.2) is 0 Å². The van der Waals surface area contributed by atoms with Gasteiger partial charge in [0.25, 0.3) is 0 Å². The van der Waals surface area contributed by atoms with E-state index in [-0.39, 0.29) is 17.9 Å². The first-order valence-corrected chi connectivity index (χ1v) is 10.9. The first kappa shape index (κ1) is 19.8. The van der Waals surface area contributed by atoms with Crippen molar-refractivity contribution in [2.45, 2.75) is 64.8 Å². The summed E-state index contributed by atoms with van der Waals surface area (Å²) in [4.78, 5) is 38.3. The third kappa shape index (κ3) is 3.06. The fraction of sp³-hybridized carbons (Fsp3) is 0.458. The van der Waals surface area contributed by atoms with E-state index in [4.69, 9.17) is 8.83 Å². The standard InChI is InChI=1S/C24H25NO6/c1-12-15-10-17-14-6-3-4-8-19(14)30-22(17)13(2)21(15)31-24(29)16(12)11-20(26)25-9-5-7-18(25)23(27)28/h10,18H,3-9,11H2,1-2H3,(H,27,28)/p-1/t18-/m0/s1. The highest BCUT2D eigenvalue weighted by molar-refractivity contribution is 6.00. The van der Waals surface area contributed by atoms with E-state index in [1.165, 1.54) is 10.5 Å². The molecule has 1 atom stereocenters. The van der Waals surface area contributed by atoms with Gasteiger partial charge in [0.1, 0.15) is 16.9 Å². The van der Waals surface area contributed by atoms with E-state index in [1.807, 2.05) is 19.9 Å². The quantitative estimate of drug-likeness (QED) is 0.600. The maximum Gasteiger partial charge on any atom is 0.340 e. The molecule has 1 amide bonds. The lowest BCUT2D eigenvalue weighted by Crippen LogP contribution is -2.47. The van der Waals surface area contributed by atoms with Gasteiger partial charge in [-0.05, 0) is 57.6 Å². The van der Waals surface area contributed by atoms with Gasteiger partial charge in [-0.3, -0.25) is 4.79 Å². The number of furan rings is 1. The summed E-state index contributed by atoms with van der Waals surface area (Å²) in [7, 11) is 0. The number of hydrogen-bond acceptors (Lipinski definition) is 6. The number of fused-ring (bicyclic) bond motifs is 4. The maximum atomic E-state index is 12.8. The Bertz CT molecular complexity index is 1300. The van der Waals surface area contributed by atoms with E-state index >= 15 is 0 Å². The molecule has 1 aliphatic heterocycles. The minimum Gasteiger partial charge on any atom is -0.548 e. The number of carbonyl (C=O) groups excluding carboxylic acids is 2. The van der Waals surface area contributed by atoms with Gasteiger partial charge in [0, 0.05) is 34.9 Å². The normalized spacial score (nSPS) is 18.6. The fourth-order valence-corrected chi connectivity index (χ4v) is 5.18. The molecule has 162 valence electrons.